The molecule has 0 bridgehead atoms. The maximum atomic E-state index is 14.0. The fourth-order valence-electron chi connectivity index (χ4n) is 3.84. The SMILES string of the molecule is CCC1(NC(=O)c2cc(F)c(F)c(F)c2F)C(=O)NC(=O)N(C2CCCCC2)C1=O. The van der Waals surface area contributed by atoms with Crippen LogP contribution in [-0.4, -0.2) is 40.2 Å². The first-order valence-electron chi connectivity index (χ1n) is 9.48. The van der Waals surface area contributed by atoms with Gasteiger partial charge in [-0.3, -0.25) is 24.6 Å². The predicted molar refractivity (Wildman–Crippen MR) is 94.0 cm³/mol. The zero-order chi connectivity index (χ0) is 22.2. The zero-order valence-electron chi connectivity index (χ0n) is 16.0. The summed E-state index contributed by atoms with van der Waals surface area (Å²) >= 11 is 0. The highest BCUT2D eigenvalue weighted by molar-refractivity contribution is 6.24. The summed E-state index contributed by atoms with van der Waals surface area (Å²) in [7, 11) is 0. The summed E-state index contributed by atoms with van der Waals surface area (Å²) in [5.74, 6) is -11.8. The van der Waals surface area contributed by atoms with Crippen LogP contribution in [0.25, 0.3) is 0 Å². The van der Waals surface area contributed by atoms with Gasteiger partial charge in [0.1, 0.15) is 0 Å². The number of urea groups is 1. The third-order valence-corrected chi connectivity index (χ3v) is 5.56. The van der Waals surface area contributed by atoms with Gasteiger partial charge >= 0.3 is 6.03 Å². The average Bonchev–Trinajstić information content (AvgIpc) is 2.72. The predicted octanol–water partition coefficient (Wildman–Crippen LogP) is 2.53. The number of carbonyl (C=O) groups is 4. The van der Waals surface area contributed by atoms with Gasteiger partial charge in [0.15, 0.2) is 28.8 Å². The topological polar surface area (TPSA) is 95.6 Å². The number of rotatable bonds is 4. The van der Waals surface area contributed by atoms with Gasteiger partial charge in [0.25, 0.3) is 17.7 Å². The van der Waals surface area contributed by atoms with Gasteiger partial charge in [0, 0.05) is 6.04 Å². The molecule has 1 unspecified atom stereocenters. The largest absolute Gasteiger partial charge is 0.331 e. The Labute approximate surface area is 168 Å². The van der Waals surface area contributed by atoms with Gasteiger partial charge in [0.2, 0.25) is 0 Å². The molecule has 0 spiro atoms. The van der Waals surface area contributed by atoms with E-state index in [0.29, 0.717) is 12.8 Å². The lowest BCUT2D eigenvalue weighted by atomic mass is 9.87. The molecular weight excluding hydrogens is 410 g/mol. The molecule has 1 aliphatic carbocycles. The number of benzene rings is 1. The molecule has 162 valence electrons. The first-order chi connectivity index (χ1) is 14.1. The normalized spacial score (nSPS) is 22.8. The van der Waals surface area contributed by atoms with Crippen LogP contribution < -0.4 is 10.6 Å². The molecule has 11 heteroatoms. The quantitative estimate of drug-likeness (QED) is 0.333. The molecule has 0 aromatic heterocycles. The molecule has 1 heterocycles. The van der Waals surface area contributed by atoms with Gasteiger partial charge < -0.3 is 5.32 Å². The second-order valence-electron chi connectivity index (χ2n) is 7.29. The molecule has 2 N–H and O–H groups in total. The minimum atomic E-state index is -2.30. The van der Waals surface area contributed by atoms with Crippen molar-refractivity contribution in [2.45, 2.75) is 57.0 Å². The molecule has 1 aromatic rings. The average molecular weight is 429 g/mol. The smallest absolute Gasteiger partial charge is 0.330 e. The van der Waals surface area contributed by atoms with Gasteiger partial charge in [0.05, 0.1) is 5.56 Å². The second-order valence-corrected chi connectivity index (χ2v) is 7.29. The van der Waals surface area contributed by atoms with Crippen LogP contribution in [0.2, 0.25) is 0 Å². The summed E-state index contributed by atoms with van der Waals surface area (Å²) in [6.07, 6.45) is 3.17. The molecule has 30 heavy (non-hydrogen) atoms. The third-order valence-electron chi connectivity index (χ3n) is 5.56. The van der Waals surface area contributed by atoms with E-state index in [9.17, 15) is 36.7 Å². The van der Waals surface area contributed by atoms with E-state index >= 15 is 0 Å². The van der Waals surface area contributed by atoms with E-state index in [2.05, 4.69) is 0 Å². The molecule has 1 atom stereocenters. The highest BCUT2D eigenvalue weighted by Gasteiger charge is 2.55. The first-order valence-corrected chi connectivity index (χ1v) is 9.48. The Morgan fingerprint density at radius 2 is 1.73 bits per heavy atom. The van der Waals surface area contributed by atoms with Crippen LogP contribution in [0.15, 0.2) is 6.07 Å². The van der Waals surface area contributed by atoms with Crippen LogP contribution in [0.3, 0.4) is 0 Å². The van der Waals surface area contributed by atoms with Crippen molar-refractivity contribution < 1.29 is 36.7 Å². The number of nitrogens with zero attached hydrogens (tertiary/aromatic N) is 1. The Kier molecular flexibility index (Phi) is 5.82. The number of nitrogens with one attached hydrogen (secondary N) is 2. The fourth-order valence-corrected chi connectivity index (χ4v) is 3.84. The molecular formula is C19H19F4N3O4. The molecule has 1 saturated carbocycles. The third kappa shape index (κ3) is 3.41. The van der Waals surface area contributed by atoms with Crippen molar-refractivity contribution in [3.8, 4) is 0 Å². The number of hydrogen-bond acceptors (Lipinski definition) is 4. The number of imide groups is 2. The molecule has 1 aromatic carbocycles. The first kappa shape index (κ1) is 21.7. The number of barbiturate groups is 1. The van der Waals surface area contributed by atoms with Crippen molar-refractivity contribution in [2.24, 2.45) is 0 Å². The summed E-state index contributed by atoms with van der Waals surface area (Å²) in [6, 6.07) is -1.29. The fraction of sp³-hybridized carbons (Fsp3) is 0.474. The standard InChI is InChI=1S/C19H19F4N3O4/c1-2-19(25-15(27)10-8-11(20)13(22)14(23)12(10)21)16(28)24-18(30)26(17(19)29)9-6-4-3-5-7-9/h8-9H,2-7H2,1H3,(H,25,27)(H,24,28,30). The van der Waals surface area contributed by atoms with Crippen molar-refractivity contribution in [2.75, 3.05) is 0 Å². The maximum Gasteiger partial charge on any atom is 0.331 e. The van der Waals surface area contributed by atoms with Crippen LogP contribution in [0.5, 0.6) is 0 Å². The van der Waals surface area contributed by atoms with Gasteiger partial charge in [-0.25, -0.2) is 22.4 Å². The van der Waals surface area contributed by atoms with Gasteiger partial charge in [-0.15, -0.1) is 0 Å². The monoisotopic (exact) mass is 429 g/mol. The minimum Gasteiger partial charge on any atom is -0.330 e. The van der Waals surface area contributed by atoms with E-state index in [4.69, 9.17) is 0 Å². The van der Waals surface area contributed by atoms with E-state index in [-0.39, 0.29) is 12.5 Å². The lowest BCUT2D eigenvalue weighted by Gasteiger charge is -2.43. The number of hydrogen-bond donors (Lipinski definition) is 2. The maximum absolute atomic E-state index is 14.0. The Morgan fingerprint density at radius 3 is 2.33 bits per heavy atom. The molecule has 0 radical (unpaired) electrons. The molecule has 2 fully saturated rings. The van der Waals surface area contributed by atoms with Crippen LogP contribution in [-0.2, 0) is 9.59 Å². The van der Waals surface area contributed by atoms with E-state index in [0.717, 1.165) is 24.2 Å². The Morgan fingerprint density at radius 1 is 1.10 bits per heavy atom. The number of carbonyl (C=O) groups excluding carboxylic acids is 4. The van der Waals surface area contributed by atoms with E-state index in [1.165, 1.54) is 6.92 Å². The Balaban J connectivity index is 1.97. The molecule has 1 saturated heterocycles. The van der Waals surface area contributed by atoms with Gasteiger partial charge in [-0.1, -0.05) is 26.2 Å². The van der Waals surface area contributed by atoms with Crippen molar-refractivity contribution in [1.82, 2.24) is 15.5 Å². The van der Waals surface area contributed by atoms with E-state index < -0.39 is 64.2 Å². The summed E-state index contributed by atoms with van der Waals surface area (Å²) in [5.41, 5.74) is -3.52. The molecule has 5 amide bonds. The van der Waals surface area contributed by atoms with Crippen LogP contribution >= 0.6 is 0 Å². The molecule has 1 aliphatic heterocycles. The summed E-state index contributed by atoms with van der Waals surface area (Å²) in [4.78, 5) is 51.4. The minimum absolute atomic E-state index is 0.127. The molecule has 2 aliphatic rings. The van der Waals surface area contributed by atoms with E-state index in [1.807, 2.05) is 10.6 Å². The molecule has 3 rings (SSSR count). The van der Waals surface area contributed by atoms with Gasteiger partial charge in [-0.2, -0.15) is 0 Å². The zero-order valence-corrected chi connectivity index (χ0v) is 16.0. The van der Waals surface area contributed by atoms with Crippen molar-refractivity contribution in [3.05, 3.63) is 34.9 Å². The Bertz CT molecular complexity index is 933. The van der Waals surface area contributed by atoms with Crippen LogP contribution in [0.4, 0.5) is 22.4 Å². The number of amides is 5. The molecule has 7 nitrogen and oxygen atoms in total. The highest BCUT2D eigenvalue weighted by atomic mass is 19.2. The lowest BCUT2D eigenvalue weighted by Crippen LogP contribution is -2.75. The Hall–Kier alpha value is -2.98. The van der Waals surface area contributed by atoms with Crippen molar-refractivity contribution in [3.63, 3.8) is 0 Å². The number of halogens is 4. The van der Waals surface area contributed by atoms with E-state index in [1.54, 1.807) is 0 Å². The highest BCUT2D eigenvalue weighted by Crippen LogP contribution is 2.29. The summed E-state index contributed by atoms with van der Waals surface area (Å²) in [5, 5.41) is 4.02. The van der Waals surface area contributed by atoms with Crippen molar-refractivity contribution in [1.29, 1.82) is 0 Å². The van der Waals surface area contributed by atoms with Gasteiger partial charge in [-0.05, 0) is 25.3 Å². The van der Waals surface area contributed by atoms with Crippen LogP contribution in [0.1, 0.15) is 55.8 Å². The van der Waals surface area contributed by atoms with Crippen molar-refractivity contribution >= 4 is 23.8 Å². The lowest BCUT2D eigenvalue weighted by molar-refractivity contribution is -0.148. The summed E-state index contributed by atoms with van der Waals surface area (Å²) in [6.45, 7) is 1.37. The summed E-state index contributed by atoms with van der Waals surface area (Å²) < 4.78 is 54.2. The second kappa shape index (κ2) is 8.04. The van der Waals surface area contributed by atoms with Crippen LogP contribution in [0, 0.1) is 23.3 Å².